The summed E-state index contributed by atoms with van der Waals surface area (Å²) in [6.07, 6.45) is 5.53. The zero-order valence-corrected chi connectivity index (χ0v) is 12.6. The lowest BCUT2D eigenvalue weighted by Crippen LogP contribution is -2.33. The first-order chi connectivity index (χ1) is 9.34. The number of likely N-dealkylation sites (N-methyl/N-ethyl adjacent to an activating group) is 1. The molecule has 0 radical (unpaired) electrons. The molecule has 0 aliphatic carbocycles. The van der Waals surface area contributed by atoms with Crippen LogP contribution in [-0.2, 0) is 4.74 Å². The zero-order chi connectivity index (χ0) is 13.3. The predicted octanol–water partition coefficient (Wildman–Crippen LogP) is 1.13. The lowest BCUT2D eigenvalue weighted by atomic mass is 10.4. The molecule has 4 heteroatoms. The van der Waals surface area contributed by atoms with Gasteiger partial charge >= 0.3 is 0 Å². The Labute approximate surface area is 118 Å². The van der Waals surface area contributed by atoms with Gasteiger partial charge in [-0.25, -0.2) is 0 Å². The average Bonchev–Trinajstić information content (AvgIpc) is 3.09. The van der Waals surface area contributed by atoms with E-state index in [1.807, 2.05) is 0 Å². The quantitative estimate of drug-likeness (QED) is 0.584. The first-order valence-electron chi connectivity index (χ1n) is 8.05. The van der Waals surface area contributed by atoms with Gasteiger partial charge in [-0.05, 0) is 58.9 Å². The van der Waals surface area contributed by atoms with Crippen LogP contribution in [0.15, 0.2) is 0 Å². The second-order valence-corrected chi connectivity index (χ2v) is 6.01. The molecule has 0 amide bonds. The Kier molecular flexibility index (Phi) is 7.14. The van der Waals surface area contributed by atoms with Gasteiger partial charge in [0.2, 0.25) is 0 Å². The van der Waals surface area contributed by atoms with Gasteiger partial charge in [-0.15, -0.1) is 0 Å². The fourth-order valence-corrected chi connectivity index (χ4v) is 2.95. The normalized spacial score (nSPS) is 21.8. The molecule has 0 unspecified atom stereocenters. The second kappa shape index (κ2) is 8.90. The molecule has 0 atom stereocenters. The Bertz CT molecular complexity index is 225. The number of ether oxygens (including phenoxy) is 1. The molecule has 0 aromatic carbocycles. The third-order valence-corrected chi connectivity index (χ3v) is 4.36. The van der Waals surface area contributed by atoms with Crippen molar-refractivity contribution in [1.82, 2.24) is 14.7 Å². The van der Waals surface area contributed by atoms with Crippen molar-refractivity contribution in [3.05, 3.63) is 0 Å². The summed E-state index contributed by atoms with van der Waals surface area (Å²) in [5.41, 5.74) is 0. The van der Waals surface area contributed by atoms with Gasteiger partial charge in [0.1, 0.15) is 0 Å². The summed E-state index contributed by atoms with van der Waals surface area (Å²) in [6, 6.07) is 0. The van der Waals surface area contributed by atoms with Crippen LogP contribution in [0.25, 0.3) is 0 Å². The van der Waals surface area contributed by atoms with E-state index >= 15 is 0 Å². The highest BCUT2D eigenvalue weighted by atomic mass is 16.5. The molecule has 0 saturated carbocycles. The van der Waals surface area contributed by atoms with E-state index in [0.29, 0.717) is 0 Å². The van der Waals surface area contributed by atoms with Crippen molar-refractivity contribution in [1.29, 1.82) is 0 Å². The third kappa shape index (κ3) is 6.21. The monoisotopic (exact) mass is 269 g/mol. The molecule has 2 heterocycles. The fraction of sp³-hybridized carbons (Fsp3) is 1.00. The molecular weight excluding hydrogens is 238 g/mol. The highest BCUT2D eigenvalue weighted by molar-refractivity contribution is 4.67. The first-order valence-corrected chi connectivity index (χ1v) is 8.05. The largest absolute Gasteiger partial charge is 0.379 e. The molecule has 2 saturated heterocycles. The summed E-state index contributed by atoms with van der Waals surface area (Å²) in [6.45, 7) is 11.5. The summed E-state index contributed by atoms with van der Waals surface area (Å²) >= 11 is 0. The van der Waals surface area contributed by atoms with Crippen LogP contribution in [0.1, 0.15) is 25.7 Å². The maximum absolute atomic E-state index is 5.74. The summed E-state index contributed by atoms with van der Waals surface area (Å²) < 4.78 is 5.74. The summed E-state index contributed by atoms with van der Waals surface area (Å²) in [7, 11) is 2.21. The lowest BCUT2D eigenvalue weighted by Gasteiger charge is -2.21. The molecule has 2 aliphatic heterocycles. The van der Waals surface area contributed by atoms with Gasteiger partial charge in [-0.2, -0.15) is 0 Å². The predicted molar refractivity (Wildman–Crippen MR) is 79.7 cm³/mol. The van der Waals surface area contributed by atoms with Crippen molar-refractivity contribution in [2.45, 2.75) is 25.7 Å². The first kappa shape index (κ1) is 15.2. The van der Waals surface area contributed by atoms with Crippen LogP contribution >= 0.6 is 0 Å². The van der Waals surface area contributed by atoms with E-state index in [0.717, 1.165) is 26.3 Å². The standard InChI is InChI=1S/C15H31N3O/c1-16(10-11-17-6-2-3-7-17)12-14-19-15-13-18-8-4-5-9-18/h2-15H2,1H3. The summed E-state index contributed by atoms with van der Waals surface area (Å²) in [5, 5.41) is 0. The number of likely N-dealkylation sites (tertiary alicyclic amines) is 2. The van der Waals surface area contributed by atoms with Crippen molar-refractivity contribution in [2.75, 3.05) is 72.6 Å². The molecule has 2 fully saturated rings. The Morgan fingerprint density at radius 3 is 2.00 bits per heavy atom. The van der Waals surface area contributed by atoms with E-state index in [1.165, 1.54) is 65.0 Å². The molecule has 2 rings (SSSR count). The van der Waals surface area contributed by atoms with Gasteiger partial charge in [0.15, 0.2) is 0 Å². The van der Waals surface area contributed by atoms with E-state index in [4.69, 9.17) is 4.74 Å². The lowest BCUT2D eigenvalue weighted by molar-refractivity contribution is 0.0918. The average molecular weight is 269 g/mol. The highest BCUT2D eigenvalue weighted by Gasteiger charge is 2.12. The van der Waals surface area contributed by atoms with Crippen molar-refractivity contribution >= 4 is 0 Å². The fourth-order valence-electron chi connectivity index (χ4n) is 2.95. The maximum atomic E-state index is 5.74. The zero-order valence-electron chi connectivity index (χ0n) is 12.6. The van der Waals surface area contributed by atoms with Crippen LogP contribution in [0.4, 0.5) is 0 Å². The van der Waals surface area contributed by atoms with Crippen molar-refractivity contribution in [3.8, 4) is 0 Å². The minimum absolute atomic E-state index is 0.879. The number of rotatable bonds is 9. The number of hydrogen-bond acceptors (Lipinski definition) is 4. The van der Waals surface area contributed by atoms with Crippen LogP contribution in [0.3, 0.4) is 0 Å². The Morgan fingerprint density at radius 1 is 0.789 bits per heavy atom. The van der Waals surface area contributed by atoms with Gasteiger partial charge in [0.05, 0.1) is 13.2 Å². The molecule has 0 aromatic heterocycles. The van der Waals surface area contributed by atoms with E-state index in [9.17, 15) is 0 Å². The van der Waals surface area contributed by atoms with Gasteiger partial charge in [0, 0.05) is 26.2 Å². The van der Waals surface area contributed by atoms with Crippen molar-refractivity contribution in [3.63, 3.8) is 0 Å². The Hall–Kier alpha value is -0.160. The van der Waals surface area contributed by atoms with Crippen LogP contribution in [0, 0.1) is 0 Å². The van der Waals surface area contributed by atoms with E-state index in [2.05, 4.69) is 21.7 Å². The summed E-state index contributed by atoms with van der Waals surface area (Å²) in [4.78, 5) is 7.48. The van der Waals surface area contributed by atoms with Crippen LogP contribution in [0.5, 0.6) is 0 Å². The Morgan fingerprint density at radius 2 is 1.37 bits per heavy atom. The highest BCUT2D eigenvalue weighted by Crippen LogP contribution is 2.07. The van der Waals surface area contributed by atoms with Crippen molar-refractivity contribution in [2.24, 2.45) is 0 Å². The SMILES string of the molecule is CN(CCOCCN1CCCC1)CCN1CCCC1. The third-order valence-electron chi connectivity index (χ3n) is 4.36. The minimum atomic E-state index is 0.879. The van der Waals surface area contributed by atoms with Gasteiger partial charge in [0.25, 0.3) is 0 Å². The van der Waals surface area contributed by atoms with Gasteiger partial charge in [-0.1, -0.05) is 0 Å². The Balaban J connectivity index is 1.39. The second-order valence-electron chi connectivity index (χ2n) is 6.01. The molecule has 0 aromatic rings. The van der Waals surface area contributed by atoms with Gasteiger partial charge in [-0.3, -0.25) is 0 Å². The number of nitrogens with zero attached hydrogens (tertiary/aromatic N) is 3. The molecule has 2 aliphatic rings. The van der Waals surface area contributed by atoms with E-state index < -0.39 is 0 Å². The molecule has 4 nitrogen and oxygen atoms in total. The van der Waals surface area contributed by atoms with E-state index in [-0.39, 0.29) is 0 Å². The van der Waals surface area contributed by atoms with E-state index in [1.54, 1.807) is 0 Å². The van der Waals surface area contributed by atoms with Crippen LogP contribution < -0.4 is 0 Å². The molecule has 0 N–H and O–H groups in total. The topological polar surface area (TPSA) is 19.0 Å². The molecule has 19 heavy (non-hydrogen) atoms. The number of hydrogen-bond donors (Lipinski definition) is 0. The minimum Gasteiger partial charge on any atom is -0.379 e. The molecule has 0 spiro atoms. The smallest absolute Gasteiger partial charge is 0.0594 e. The molecular formula is C15H31N3O. The molecule has 0 bridgehead atoms. The van der Waals surface area contributed by atoms with Crippen LogP contribution in [-0.4, -0.2) is 87.3 Å². The van der Waals surface area contributed by atoms with Crippen molar-refractivity contribution < 1.29 is 4.74 Å². The van der Waals surface area contributed by atoms with Crippen LogP contribution in [0.2, 0.25) is 0 Å². The summed E-state index contributed by atoms with van der Waals surface area (Å²) in [5.74, 6) is 0. The maximum Gasteiger partial charge on any atom is 0.0594 e. The van der Waals surface area contributed by atoms with Gasteiger partial charge < -0.3 is 19.4 Å². The molecule has 112 valence electrons.